The lowest BCUT2D eigenvalue weighted by Gasteiger charge is -2.34. The van der Waals surface area contributed by atoms with Crippen molar-refractivity contribution < 1.29 is 19.3 Å². The van der Waals surface area contributed by atoms with Crippen LogP contribution in [0.1, 0.15) is 45.2 Å². The lowest BCUT2D eigenvalue weighted by molar-refractivity contribution is -0.118. The number of anilines is 2. The molecule has 0 radical (unpaired) electrons. The van der Waals surface area contributed by atoms with E-state index in [0.29, 0.717) is 46.9 Å². The van der Waals surface area contributed by atoms with Gasteiger partial charge in [0.25, 0.3) is 0 Å². The number of ether oxygens (including phenoxy) is 1. The standard InChI is InChI=1S/C19H21BrN4O4/c1-4-27-13-6-9(5-10(20)16(13)26)15-14-11(7-19(2,3)8-12(14)25)21-17-18(22-15)24-28-23-17/h5-6,15,26H,4,7-8H2,1-3H3,(H,21,23)(H,22,24). The molecule has 0 spiro atoms. The second-order valence-corrected chi connectivity index (χ2v) is 8.63. The number of fused-ring (bicyclic) bond motifs is 1. The van der Waals surface area contributed by atoms with Gasteiger partial charge in [-0.05, 0) is 62.7 Å². The van der Waals surface area contributed by atoms with E-state index in [1.807, 2.05) is 6.92 Å². The first kappa shape index (κ1) is 18.8. The van der Waals surface area contributed by atoms with Crippen LogP contribution in [0.15, 0.2) is 32.5 Å². The van der Waals surface area contributed by atoms with Crippen LogP contribution in [0.3, 0.4) is 0 Å². The molecule has 0 saturated carbocycles. The molecule has 2 aromatic rings. The van der Waals surface area contributed by atoms with E-state index in [-0.39, 0.29) is 16.9 Å². The minimum atomic E-state index is -0.490. The third-order valence-electron chi connectivity index (χ3n) is 4.93. The molecular formula is C19H21BrN4O4. The van der Waals surface area contributed by atoms with E-state index in [0.717, 1.165) is 11.3 Å². The Morgan fingerprint density at radius 1 is 1.32 bits per heavy atom. The van der Waals surface area contributed by atoms with E-state index in [1.165, 1.54) is 0 Å². The third kappa shape index (κ3) is 3.23. The normalized spacial score (nSPS) is 20.6. The number of rotatable bonds is 3. The van der Waals surface area contributed by atoms with Crippen LogP contribution >= 0.6 is 15.9 Å². The lowest BCUT2D eigenvalue weighted by atomic mass is 9.73. The highest BCUT2D eigenvalue weighted by atomic mass is 79.9. The summed E-state index contributed by atoms with van der Waals surface area (Å²) in [5.74, 6) is 1.29. The molecule has 0 saturated heterocycles. The van der Waals surface area contributed by atoms with Crippen molar-refractivity contribution in [2.75, 3.05) is 17.2 Å². The molecular weight excluding hydrogens is 428 g/mol. The van der Waals surface area contributed by atoms with Crippen LogP contribution in [0, 0.1) is 5.41 Å². The number of nitrogens with one attached hydrogen (secondary N) is 2. The van der Waals surface area contributed by atoms with Gasteiger partial charge in [-0.1, -0.05) is 13.8 Å². The average Bonchev–Trinajstić information content (AvgIpc) is 2.97. The molecule has 0 fully saturated rings. The van der Waals surface area contributed by atoms with Gasteiger partial charge in [-0.25, -0.2) is 4.63 Å². The topological polar surface area (TPSA) is 110 Å². The Labute approximate surface area is 170 Å². The largest absolute Gasteiger partial charge is 0.503 e. The highest BCUT2D eigenvalue weighted by molar-refractivity contribution is 9.10. The van der Waals surface area contributed by atoms with Gasteiger partial charge in [0, 0.05) is 17.7 Å². The zero-order valence-electron chi connectivity index (χ0n) is 15.8. The summed E-state index contributed by atoms with van der Waals surface area (Å²) < 4.78 is 10.9. The number of allylic oxidation sites excluding steroid dienone is 1. The summed E-state index contributed by atoms with van der Waals surface area (Å²) in [6.07, 6.45) is 1.13. The molecule has 1 unspecified atom stereocenters. The smallest absolute Gasteiger partial charge is 0.219 e. The van der Waals surface area contributed by atoms with Gasteiger partial charge < -0.3 is 20.5 Å². The van der Waals surface area contributed by atoms with Gasteiger partial charge >= 0.3 is 0 Å². The Kier molecular flexibility index (Phi) is 4.57. The fraction of sp³-hybridized carbons (Fsp3) is 0.421. The van der Waals surface area contributed by atoms with Crippen molar-refractivity contribution in [2.45, 2.75) is 39.7 Å². The number of halogens is 1. The van der Waals surface area contributed by atoms with Crippen molar-refractivity contribution in [1.29, 1.82) is 0 Å². The Morgan fingerprint density at radius 3 is 2.82 bits per heavy atom. The zero-order valence-corrected chi connectivity index (χ0v) is 17.4. The van der Waals surface area contributed by atoms with Crippen LogP contribution in [0.2, 0.25) is 0 Å². The average molecular weight is 449 g/mol. The molecule has 0 amide bonds. The molecule has 0 bridgehead atoms. The third-order valence-corrected chi connectivity index (χ3v) is 5.54. The molecule has 1 aromatic heterocycles. The number of phenolic OH excluding ortho intramolecular Hbond substituents is 1. The van der Waals surface area contributed by atoms with Crippen molar-refractivity contribution in [1.82, 2.24) is 10.3 Å². The number of phenols is 1. The summed E-state index contributed by atoms with van der Waals surface area (Å²) in [5.41, 5.74) is 2.03. The van der Waals surface area contributed by atoms with Crippen molar-refractivity contribution in [3.05, 3.63) is 33.4 Å². The van der Waals surface area contributed by atoms with E-state index in [1.54, 1.807) is 12.1 Å². The van der Waals surface area contributed by atoms with Crippen molar-refractivity contribution in [2.24, 2.45) is 5.41 Å². The van der Waals surface area contributed by atoms with Crippen molar-refractivity contribution in [3.8, 4) is 11.5 Å². The number of hydrogen-bond acceptors (Lipinski definition) is 8. The summed E-state index contributed by atoms with van der Waals surface area (Å²) in [5, 5.41) is 24.6. The monoisotopic (exact) mass is 448 g/mol. The molecule has 1 aliphatic heterocycles. The Hall–Kier alpha value is -2.55. The second-order valence-electron chi connectivity index (χ2n) is 7.78. The Bertz CT molecular complexity index is 982. The summed E-state index contributed by atoms with van der Waals surface area (Å²) >= 11 is 3.38. The fourth-order valence-electron chi connectivity index (χ4n) is 3.77. The van der Waals surface area contributed by atoms with Crippen LogP contribution in [-0.4, -0.2) is 27.8 Å². The molecule has 1 aliphatic carbocycles. The number of aromatic nitrogens is 2. The van der Waals surface area contributed by atoms with E-state index < -0.39 is 6.04 Å². The maximum Gasteiger partial charge on any atom is 0.219 e. The summed E-state index contributed by atoms with van der Waals surface area (Å²) in [6, 6.07) is 3.01. The van der Waals surface area contributed by atoms with E-state index >= 15 is 0 Å². The molecule has 8 nitrogen and oxygen atoms in total. The molecule has 148 valence electrons. The predicted octanol–water partition coefficient (Wildman–Crippen LogP) is 4.16. The van der Waals surface area contributed by atoms with Crippen molar-refractivity contribution in [3.63, 3.8) is 0 Å². The molecule has 2 heterocycles. The van der Waals surface area contributed by atoms with Gasteiger partial charge in [0.2, 0.25) is 11.6 Å². The van der Waals surface area contributed by atoms with Crippen LogP contribution in [0.5, 0.6) is 11.5 Å². The van der Waals surface area contributed by atoms with Crippen LogP contribution < -0.4 is 15.4 Å². The first-order valence-corrected chi connectivity index (χ1v) is 9.86. The first-order valence-electron chi connectivity index (χ1n) is 9.06. The number of ketones is 1. The Morgan fingerprint density at radius 2 is 2.07 bits per heavy atom. The molecule has 9 heteroatoms. The number of benzene rings is 1. The van der Waals surface area contributed by atoms with E-state index in [2.05, 4.69) is 50.7 Å². The van der Waals surface area contributed by atoms with Crippen LogP contribution in [0.4, 0.5) is 11.6 Å². The maximum atomic E-state index is 13.1. The predicted molar refractivity (Wildman–Crippen MR) is 106 cm³/mol. The van der Waals surface area contributed by atoms with Crippen LogP contribution in [-0.2, 0) is 4.79 Å². The molecule has 2 aliphatic rings. The zero-order chi connectivity index (χ0) is 20.1. The van der Waals surface area contributed by atoms with Gasteiger partial charge in [-0.3, -0.25) is 4.79 Å². The number of hydrogen-bond donors (Lipinski definition) is 3. The Balaban J connectivity index is 1.88. The summed E-state index contributed by atoms with van der Waals surface area (Å²) in [7, 11) is 0. The number of carbonyl (C=O) groups excluding carboxylic acids is 1. The van der Waals surface area contributed by atoms with E-state index in [9.17, 15) is 9.90 Å². The SMILES string of the molecule is CCOc1cc(C2Nc3nonc3NC3=C2C(=O)CC(C)(C)C3)cc(Br)c1O. The minimum absolute atomic E-state index is 0.0199. The fourth-order valence-corrected chi connectivity index (χ4v) is 4.23. The highest BCUT2D eigenvalue weighted by Crippen LogP contribution is 2.46. The number of nitrogens with zero attached hydrogens (tertiary/aromatic N) is 2. The quantitative estimate of drug-likeness (QED) is 0.641. The summed E-state index contributed by atoms with van der Waals surface area (Å²) in [6.45, 7) is 6.38. The van der Waals surface area contributed by atoms with Gasteiger partial charge in [-0.2, -0.15) is 0 Å². The van der Waals surface area contributed by atoms with E-state index in [4.69, 9.17) is 9.37 Å². The lowest BCUT2D eigenvalue weighted by Crippen LogP contribution is -2.31. The molecule has 1 atom stereocenters. The number of Topliss-reactive ketones (excluding diaryl/α,β-unsaturated/α-hetero) is 1. The molecule has 1 aromatic carbocycles. The first-order chi connectivity index (χ1) is 13.3. The molecule has 3 N–H and O–H groups in total. The molecule has 28 heavy (non-hydrogen) atoms. The molecule has 4 rings (SSSR count). The van der Waals surface area contributed by atoms with Crippen LogP contribution in [0.25, 0.3) is 0 Å². The van der Waals surface area contributed by atoms with Crippen molar-refractivity contribution >= 4 is 33.3 Å². The van der Waals surface area contributed by atoms with Gasteiger partial charge in [0.05, 0.1) is 17.1 Å². The second kappa shape index (κ2) is 6.80. The van der Waals surface area contributed by atoms with Gasteiger partial charge in [0.15, 0.2) is 17.3 Å². The minimum Gasteiger partial charge on any atom is -0.503 e. The number of aromatic hydroxyl groups is 1. The summed E-state index contributed by atoms with van der Waals surface area (Å²) in [4.78, 5) is 13.1. The maximum absolute atomic E-state index is 13.1. The highest BCUT2D eigenvalue weighted by Gasteiger charge is 2.40. The number of carbonyl (C=O) groups is 1. The van der Waals surface area contributed by atoms with Gasteiger partial charge in [0.1, 0.15) is 0 Å². The van der Waals surface area contributed by atoms with Gasteiger partial charge in [-0.15, -0.1) is 0 Å².